The zero-order valence-corrected chi connectivity index (χ0v) is 16.0. The Morgan fingerprint density at radius 2 is 2.19 bits per heavy atom. The highest BCUT2D eigenvalue weighted by Gasteiger charge is 2.68. The maximum atomic E-state index is 9.43. The minimum Gasteiger partial charge on any atom is -0.475 e. The van der Waals surface area contributed by atoms with E-state index in [9.17, 15) is 5.26 Å². The summed E-state index contributed by atoms with van der Waals surface area (Å²) in [5.74, 6) is 0.434. The summed E-state index contributed by atoms with van der Waals surface area (Å²) in [5, 5.41) is 8.87. The van der Waals surface area contributed by atoms with Gasteiger partial charge in [-0.3, -0.25) is 0 Å². The summed E-state index contributed by atoms with van der Waals surface area (Å²) >= 11 is 0. The molecule has 5 nitrogen and oxygen atoms in total. The van der Waals surface area contributed by atoms with Crippen molar-refractivity contribution < 1.29 is 9.47 Å². The quantitative estimate of drug-likeness (QED) is 0.745. The van der Waals surface area contributed by atoms with Gasteiger partial charge in [0, 0.05) is 12.5 Å². The van der Waals surface area contributed by atoms with Crippen molar-refractivity contribution in [3.8, 4) is 6.07 Å². The first-order chi connectivity index (χ1) is 12.3. The molecule has 2 aliphatic carbocycles. The van der Waals surface area contributed by atoms with Gasteiger partial charge in [-0.1, -0.05) is 13.0 Å². The minimum atomic E-state index is -0.559. The fraction of sp³-hybridized carbons (Fsp3) is 0.579. The first-order valence-electron chi connectivity index (χ1n) is 9.39. The average molecular weight is 349 g/mol. The van der Waals surface area contributed by atoms with Crippen LogP contribution in [-0.4, -0.2) is 40.3 Å². The fourth-order valence-corrected chi connectivity index (χ4v) is 6.11. The summed E-state index contributed by atoms with van der Waals surface area (Å²) in [6.07, 6.45) is 4.24. The van der Waals surface area contributed by atoms with Crippen molar-refractivity contribution in [1.82, 2.24) is 0 Å². The zero-order valence-electron chi connectivity index (χ0n) is 16.0. The van der Waals surface area contributed by atoms with Crippen molar-refractivity contribution in [2.45, 2.75) is 49.6 Å². The van der Waals surface area contributed by atoms with Crippen molar-refractivity contribution >= 4 is 21.7 Å². The summed E-state index contributed by atoms with van der Waals surface area (Å²) < 4.78 is 11.8. The third-order valence-corrected chi connectivity index (χ3v) is 6.99. The monoisotopic (exact) mass is 349 g/mol. The van der Waals surface area contributed by atoms with Crippen LogP contribution in [-0.2, 0) is 21.4 Å². The Morgan fingerprint density at radius 3 is 2.77 bits per heavy atom. The largest absolute Gasteiger partial charge is 0.475 e. The van der Waals surface area contributed by atoms with Crippen molar-refractivity contribution in [2.24, 2.45) is 22.1 Å². The number of methoxy groups -OCH3 is 1. The Bertz CT molecular complexity index is 835. The molecule has 1 aliphatic heterocycles. The van der Waals surface area contributed by atoms with Gasteiger partial charge < -0.3 is 15.2 Å². The molecule has 0 saturated heterocycles. The topological polar surface area (TPSA) is 80.6 Å². The molecule has 0 bridgehead atoms. The lowest BCUT2D eigenvalue weighted by atomic mass is 9.44. The number of nitrogens with two attached hydrogens (primary N) is 1. The van der Waals surface area contributed by atoms with Gasteiger partial charge in [-0.25, -0.2) is 4.99 Å². The maximum absolute atomic E-state index is 9.43. The molecule has 0 radical (unpaired) electrons. The van der Waals surface area contributed by atoms with Crippen LogP contribution in [0.25, 0.3) is 0 Å². The molecule has 26 heavy (non-hydrogen) atoms. The molecule has 0 unspecified atom stereocenters. The van der Waals surface area contributed by atoms with Crippen molar-refractivity contribution in [3.63, 3.8) is 0 Å². The van der Waals surface area contributed by atoms with Crippen LogP contribution in [0, 0.1) is 22.7 Å². The molecule has 2 spiro atoms. The van der Waals surface area contributed by atoms with E-state index in [0.717, 1.165) is 31.2 Å². The van der Waals surface area contributed by atoms with Crippen molar-refractivity contribution in [1.29, 1.82) is 5.26 Å². The van der Waals surface area contributed by atoms with Gasteiger partial charge in [0.2, 0.25) is 0 Å². The first kappa shape index (κ1) is 17.5. The van der Waals surface area contributed by atoms with Gasteiger partial charge in [0.25, 0.3) is 6.02 Å². The molecule has 1 heterocycles. The highest BCUT2D eigenvalue weighted by Crippen LogP contribution is 2.65. The molecule has 1 aromatic carbocycles. The summed E-state index contributed by atoms with van der Waals surface area (Å²) in [6, 6.07) is 8.54. The van der Waals surface area contributed by atoms with Gasteiger partial charge in [0.1, 0.15) is 5.54 Å². The number of hydrogen-bond acceptors (Lipinski definition) is 5. The number of nitrogens with zero attached hydrogens (tertiary/aromatic N) is 2. The molecule has 4 rings (SSSR count). The molecular formula is C19H25B2N3O2. The van der Waals surface area contributed by atoms with E-state index in [1.54, 1.807) is 7.11 Å². The standard InChI is InChI=1S/C19H25B2N3O2/c1-11-8-17(6-5-15(11)25-2)9-13-4-3-12(10-22)7-14(13)18(17)19(20,21)26-16(23)24-18/h3-4,7,11,15H,5-6,8-9,20-21H2,1-2H3,(H2,23,24)/t11-,15-,17-,18-/m0/s1. The number of nitriles is 1. The molecule has 0 aromatic heterocycles. The van der Waals surface area contributed by atoms with Crippen molar-refractivity contribution in [2.75, 3.05) is 7.11 Å². The molecule has 134 valence electrons. The van der Waals surface area contributed by atoms with Crippen molar-refractivity contribution in [3.05, 3.63) is 34.9 Å². The van der Waals surface area contributed by atoms with Crippen LogP contribution in [0.4, 0.5) is 0 Å². The highest BCUT2D eigenvalue weighted by molar-refractivity contribution is 6.41. The van der Waals surface area contributed by atoms with Gasteiger partial charge >= 0.3 is 0 Å². The van der Waals surface area contributed by atoms with E-state index < -0.39 is 10.9 Å². The third kappa shape index (κ3) is 2.05. The Kier molecular flexibility index (Phi) is 3.72. The highest BCUT2D eigenvalue weighted by atomic mass is 16.5. The molecule has 4 atom stereocenters. The predicted octanol–water partition coefficient (Wildman–Crippen LogP) is 0.396. The predicted molar refractivity (Wildman–Crippen MR) is 105 cm³/mol. The van der Waals surface area contributed by atoms with Crippen LogP contribution < -0.4 is 5.73 Å². The van der Waals surface area contributed by atoms with E-state index in [1.165, 1.54) is 5.56 Å². The van der Waals surface area contributed by atoms with Gasteiger partial charge in [0.15, 0.2) is 15.7 Å². The molecule has 0 amide bonds. The molecule has 2 N–H and O–H groups in total. The van der Waals surface area contributed by atoms with Gasteiger partial charge in [0.05, 0.1) is 23.1 Å². The fourth-order valence-electron chi connectivity index (χ4n) is 6.11. The third-order valence-electron chi connectivity index (χ3n) is 6.99. The summed E-state index contributed by atoms with van der Waals surface area (Å²) in [4.78, 5) is 4.97. The van der Waals surface area contributed by atoms with E-state index in [0.29, 0.717) is 11.5 Å². The van der Waals surface area contributed by atoms with E-state index in [4.69, 9.17) is 20.2 Å². The number of aliphatic imine (C=N–C) groups is 1. The smallest absolute Gasteiger partial charge is 0.282 e. The summed E-state index contributed by atoms with van der Waals surface area (Å²) in [5.41, 5.74) is 8.53. The zero-order chi connectivity index (χ0) is 18.7. The van der Waals surface area contributed by atoms with Crippen LogP contribution in [0.15, 0.2) is 23.2 Å². The molecule has 7 heteroatoms. The van der Waals surface area contributed by atoms with Gasteiger partial charge in [-0.05, 0) is 54.9 Å². The Labute approximate surface area is 156 Å². The number of ether oxygens (including phenoxy) is 2. The Morgan fingerprint density at radius 1 is 1.42 bits per heavy atom. The summed E-state index contributed by atoms with van der Waals surface area (Å²) in [7, 11) is 5.97. The molecule has 3 aliphatic rings. The second kappa shape index (κ2) is 5.53. The van der Waals surface area contributed by atoms with Crippen LogP contribution >= 0.6 is 0 Å². The number of hydrogen-bond donors (Lipinski definition) is 1. The lowest BCUT2D eigenvalue weighted by Crippen LogP contribution is -2.60. The van der Waals surface area contributed by atoms with E-state index >= 15 is 0 Å². The van der Waals surface area contributed by atoms with Crippen LogP contribution in [0.2, 0.25) is 0 Å². The number of fused-ring (bicyclic) bond motifs is 3. The van der Waals surface area contributed by atoms with Gasteiger partial charge in [-0.15, -0.1) is 0 Å². The Hall–Kier alpha value is -1.93. The normalized spacial score (nSPS) is 37.2. The maximum Gasteiger partial charge on any atom is 0.282 e. The van der Waals surface area contributed by atoms with E-state index in [-0.39, 0.29) is 17.5 Å². The van der Waals surface area contributed by atoms with E-state index in [2.05, 4.69) is 34.8 Å². The first-order valence-corrected chi connectivity index (χ1v) is 9.39. The molecule has 1 saturated carbocycles. The van der Waals surface area contributed by atoms with Crippen LogP contribution in [0.3, 0.4) is 0 Å². The number of amidine groups is 1. The lowest BCUT2D eigenvalue weighted by molar-refractivity contribution is -0.0559. The van der Waals surface area contributed by atoms with Crippen LogP contribution in [0.1, 0.15) is 42.9 Å². The Balaban J connectivity index is 1.93. The summed E-state index contributed by atoms with van der Waals surface area (Å²) in [6.45, 7) is 2.27. The molecule has 1 fully saturated rings. The second-order valence-corrected chi connectivity index (χ2v) is 8.71. The lowest BCUT2D eigenvalue weighted by Gasteiger charge is -2.53. The van der Waals surface area contributed by atoms with Crippen LogP contribution in [0.5, 0.6) is 0 Å². The molecule has 1 aromatic rings. The average Bonchev–Trinajstić information content (AvgIpc) is 2.99. The SMILES string of the molecule is BC1(B)OC(N)=N[C@]12c1cc(C#N)ccc1C[C@@]21CC[C@H](OC)[C@@H](C)C1. The van der Waals surface area contributed by atoms with Gasteiger partial charge in [-0.2, -0.15) is 5.26 Å². The number of benzene rings is 1. The van der Waals surface area contributed by atoms with E-state index in [1.807, 2.05) is 12.1 Å². The number of rotatable bonds is 1. The minimum absolute atomic E-state index is 0.0670. The molecular weight excluding hydrogens is 324 g/mol. The second-order valence-electron chi connectivity index (χ2n) is 8.71.